The second-order valence-electron chi connectivity index (χ2n) is 5.14. The number of rotatable bonds is 8. The van der Waals surface area contributed by atoms with Crippen LogP contribution >= 0.6 is 0 Å². The lowest BCUT2D eigenvalue weighted by Gasteiger charge is -2.27. The van der Waals surface area contributed by atoms with Crippen LogP contribution in [-0.2, 0) is 16.6 Å². The molecule has 0 spiro atoms. The molecule has 1 atom stereocenters. The molecule has 0 radical (unpaired) electrons. The molecule has 0 aliphatic rings. The molecule has 1 aromatic carbocycles. The molecule has 6 heteroatoms. The van der Waals surface area contributed by atoms with Crippen LogP contribution in [-0.4, -0.2) is 30.4 Å². The van der Waals surface area contributed by atoms with Gasteiger partial charge in [0.05, 0.1) is 11.5 Å². The third kappa shape index (κ3) is 4.25. The van der Waals surface area contributed by atoms with E-state index in [1.807, 2.05) is 20.8 Å². The molecule has 1 rings (SSSR count). The minimum Gasteiger partial charge on any atom is -0.392 e. The Labute approximate surface area is 126 Å². The fourth-order valence-electron chi connectivity index (χ4n) is 2.06. The molecule has 120 valence electrons. The predicted molar refractivity (Wildman–Crippen MR) is 80.9 cm³/mol. The van der Waals surface area contributed by atoms with E-state index >= 15 is 0 Å². The van der Waals surface area contributed by atoms with Crippen molar-refractivity contribution in [2.45, 2.75) is 57.6 Å². The molecule has 0 bridgehead atoms. The number of nitrogens with zero attached hydrogens (tertiary/aromatic N) is 1. The van der Waals surface area contributed by atoms with Gasteiger partial charge in [-0.1, -0.05) is 20.3 Å². The molecule has 0 saturated carbocycles. The standard InChI is InChI=1S/C15H24FNO3S/c1-4-6-9-17(12(3)5-2)21(19,20)14-7-8-15(16)13(10-14)11-18/h7-8,10,12,18H,4-6,9,11H2,1-3H3. The second kappa shape index (κ2) is 7.87. The molecular formula is C15H24FNO3S. The van der Waals surface area contributed by atoms with E-state index in [9.17, 15) is 12.8 Å². The van der Waals surface area contributed by atoms with Crippen molar-refractivity contribution >= 4 is 10.0 Å². The van der Waals surface area contributed by atoms with Crippen molar-refractivity contribution < 1.29 is 17.9 Å². The summed E-state index contributed by atoms with van der Waals surface area (Å²) in [6.07, 6.45) is 2.38. The van der Waals surface area contributed by atoms with Gasteiger partial charge in [-0.05, 0) is 38.0 Å². The van der Waals surface area contributed by atoms with E-state index in [4.69, 9.17) is 5.11 Å². The lowest BCUT2D eigenvalue weighted by Crippen LogP contribution is -2.39. The number of aliphatic hydroxyl groups is 1. The molecular weight excluding hydrogens is 293 g/mol. The molecule has 21 heavy (non-hydrogen) atoms. The lowest BCUT2D eigenvalue weighted by molar-refractivity contribution is 0.275. The number of halogens is 1. The van der Waals surface area contributed by atoms with Gasteiger partial charge in [0.2, 0.25) is 10.0 Å². The third-order valence-electron chi connectivity index (χ3n) is 3.61. The summed E-state index contributed by atoms with van der Waals surface area (Å²) in [5.41, 5.74) is -0.00401. The molecule has 0 fully saturated rings. The maximum atomic E-state index is 13.4. The summed E-state index contributed by atoms with van der Waals surface area (Å²) >= 11 is 0. The first kappa shape index (κ1) is 18.1. The van der Waals surface area contributed by atoms with Crippen LogP contribution in [0, 0.1) is 5.82 Å². The maximum absolute atomic E-state index is 13.4. The number of unbranched alkanes of at least 4 members (excludes halogenated alkanes) is 1. The van der Waals surface area contributed by atoms with Gasteiger partial charge in [0.15, 0.2) is 0 Å². The van der Waals surface area contributed by atoms with Gasteiger partial charge in [-0.2, -0.15) is 4.31 Å². The van der Waals surface area contributed by atoms with E-state index in [-0.39, 0.29) is 16.5 Å². The van der Waals surface area contributed by atoms with Crippen molar-refractivity contribution in [2.24, 2.45) is 0 Å². The predicted octanol–water partition coefficient (Wildman–Crippen LogP) is 2.91. The van der Waals surface area contributed by atoms with Crippen molar-refractivity contribution in [3.63, 3.8) is 0 Å². The molecule has 0 saturated heterocycles. The van der Waals surface area contributed by atoms with Crippen molar-refractivity contribution in [1.29, 1.82) is 0 Å². The minimum atomic E-state index is -3.68. The smallest absolute Gasteiger partial charge is 0.243 e. The van der Waals surface area contributed by atoms with Crippen LogP contribution in [0.15, 0.2) is 23.1 Å². The third-order valence-corrected chi connectivity index (χ3v) is 5.62. The van der Waals surface area contributed by atoms with Crippen LogP contribution in [0.25, 0.3) is 0 Å². The van der Waals surface area contributed by atoms with Crippen molar-refractivity contribution in [1.82, 2.24) is 4.31 Å². The van der Waals surface area contributed by atoms with E-state index < -0.39 is 22.4 Å². The Morgan fingerprint density at radius 2 is 2.00 bits per heavy atom. The van der Waals surface area contributed by atoms with Crippen LogP contribution in [0.3, 0.4) is 0 Å². The Bertz CT molecular complexity index is 560. The summed E-state index contributed by atoms with van der Waals surface area (Å²) in [5, 5.41) is 9.10. The molecule has 0 aliphatic heterocycles. The fourth-order valence-corrected chi connectivity index (χ4v) is 3.86. The van der Waals surface area contributed by atoms with E-state index in [2.05, 4.69) is 0 Å². The highest BCUT2D eigenvalue weighted by Crippen LogP contribution is 2.22. The quantitative estimate of drug-likeness (QED) is 0.802. The average Bonchev–Trinajstić information content (AvgIpc) is 2.47. The monoisotopic (exact) mass is 317 g/mol. The van der Waals surface area contributed by atoms with E-state index in [0.717, 1.165) is 18.9 Å². The number of aliphatic hydroxyl groups excluding tert-OH is 1. The summed E-state index contributed by atoms with van der Waals surface area (Å²) in [6, 6.07) is 3.44. The van der Waals surface area contributed by atoms with Crippen LogP contribution in [0.2, 0.25) is 0 Å². The zero-order valence-corrected chi connectivity index (χ0v) is 13.7. The largest absolute Gasteiger partial charge is 0.392 e. The van der Waals surface area contributed by atoms with Gasteiger partial charge in [-0.15, -0.1) is 0 Å². The van der Waals surface area contributed by atoms with Crippen molar-refractivity contribution in [3.05, 3.63) is 29.6 Å². The molecule has 0 amide bonds. The first-order valence-electron chi connectivity index (χ1n) is 7.29. The number of hydrogen-bond donors (Lipinski definition) is 1. The molecule has 0 aliphatic carbocycles. The lowest BCUT2D eigenvalue weighted by atomic mass is 10.2. The van der Waals surface area contributed by atoms with E-state index in [0.29, 0.717) is 13.0 Å². The highest BCUT2D eigenvalue weighted by atomic mass is 32.2. The SMILES string of the molecule is CCCCN(C(C)CC)S(=O)(=O)c1ccc(F)c(CO)c1. The van der Waals surface area contributed by atoms with Gasteiger partial charge in [0.1, 0.15) is 5.82 Å². The Balaban J connectivity index is 3.21. The van der Waals surface area contributed by atoms with Crippen molar-refractivity contribution in [3.8, 4) is 0 Å². The minimum absolute atomic E-state index is 0.00401. The summed E-state index contributed by atoms with van der Waals surface area (Å²) < 4.78 is 40.4. The van der Waals surface area contributed by atoms with Gasteiger partial charge in [-0.25, -0.2) is 12.8 Å². The molecule has 1 aromatic rings. The van der Waals surface area contributed by atoms with Crippen LogP contribution < -0.4 is 0 Å². The zero-order chi connectivity index (χ0) is 16.0. The Morgan fingerprint density at radius 3 is 2.52 bits per heavy atom. The summed E-state index contributed by atoms with van der Waals surface area (Å²) in [4.78, 5) is 0.0318. The normalized spacial score (nSPS) is 13.6. The zero-order valence-electron chi connectivity index (χ0n) is 12.8. The van der Waals surface area contributed by atoms with Gasteiger partial charge >= 0.3 is 0 Å². The Kier molecular flexibility index (Phi) is 6.77. The first-order valence-corrected chi connectivity index (χ1v) is 8.73. The Hall–Kier alpha value is -0.980. The van der Waals surface area contributed by atoms with Crippen LogP contribution in [0.1, 0.15) is 45.6 Å². The van der Waals surface area contributed by atoms with Crippen LogP contribution in [0.4, 0.5) is 4.39 Å². The molecule has 1 N–H and O–H groups in total. The van der Waals surface area contributed by atoms with Crippen LogP contribution in [0.5, 0.6) is 0 Å². The molecule has 4 nitrogen and oxygen atoms in total. The van der Waals surface area contributed by atoms with E-state index in [1.165, 1.54) is 16.4 Å². The van der Waals surface area contributed by atoms with Gasteiger partial charge in [0, 0.05) is 18.2 Å². The first-order chi connectivity index (χ1) is 9.88. The average molecular weight is 317 g/mol. The van der Waals surface area contributed by atoms with Crippen molar-refractivity contribution in [2.75, 3.05) is 6.54 Å². The molecule has 0 heterocycles. The second-order valence-corrected chi connectivity index (χ2v) is 7.03. The van der Waals surface area contributed by atoms with E-state index in [1.54, 1.807) is 0 Å². The van der Waals surface area contributed by atoms with Gasteiger partial charge in [-0.3, -0.25) is 0 Å². The summed E-state index contributed by atoms with van der Waals surface area (Å²) in [6.45, 7) is 5.73. The number of hydrogen-bond acceptors (Lipinski definition) is 3. The fraction of sp³-hybridized carbons (Fsp3) is 0.600. The number of sulfonamides is 1. The maximum Gasteiger partial charge on any atom is 0.243 e. The topological polar surface area (TPSA) is 57.6 Å². The highest BCUT2D eigenvalue weighted by molar-refractivity contribution is 7.89. The molecule has 0 aromatic heterocycles. The Morgan fingerprint density at radius 1 is 1.33 bits per heavy atom. The van der Waals surface area contributed by atoms with Gasteiger partial charge in [0.25, 0.3) is 0 Å². The molecule has 1 unspecified atom stereocenters. The summed E-state index contributed by atoms with van der Waals surface area (Å²) in [5.74, 6) is -0.597. The highest BCUT2D eigenvalue weighted by Gasteiger charge is 2.28. The summed E-state index contributed by atoms with van der Waals surface area (Å²) in [7, 11) is -3.68. The van der Waals surface area contributed by atoms with Gasteiger partial charge < -0.3 is 5.11 Å². The number of benzene rings is 1.